The Morgan fingerprint density at radius 1 is 1.04 bits per heavy atom. The third-order valence-corrected chi connectivity index (χ3v) is 4.59. The smallest absolute Gasteiger partial charge is 0.223 e. The Bertz CT molecular complexity index is 718. The van der Waals surface area contributed by atoms with Crippen LogP contribution in [0, 0.1) is 11.6 Å². The fraction of sp³-hybridized carbons (Fsp3) is 0.350. The summed E-state index contributed by atoms with van der Waals surface area (Å²) in [6.07, 6.45) is 2.24. The molecule has 0 aromatic heterocycles. The summed E-state index contributed by atoms with van der Waals surface area (Å²) in [6, 6.07) is 13.0. The van der Waals surface area contributed by atoms with Crippen LogP contribution in [0.1, 0.15) is 30.4 Å². The lowest BCUT2D eigenvalue weighted by atomic mass is 10.1. The van der Waals surface area contributed by atoms with Gasteiger partial charge in [-0.3, -0.25) is 4.79 Å². The second-order valence-corrected chi connectivity index (χ2v) is 6.44. The van der Waals surface area contributed by atoms with Crippen molar-refractivity contribution in [2.24, 2.45) is 0 Å². The molecule has 1 aliphatic heterocycles. The molecule has 1 N–H and O–H groups in total. The predicted molar refractivity (Wildman–Crippen MR) is 92.7 cm³/mol. The van der Waals surface area contributed by atoms with Crippen LogP contribution in [-0.2, 0) is 17.9 Å². The van der Waals surface area contributed by atoms with Crippen LogP contribution in [0.3, 0.4) is 0 Å². The first-order chi connectivity index (χ1) is 12.1. The van der Waals surface area contributed by atoms with Crippen molar-refractivity contribution in [3.05, 3.63) is 71.3 Å². The van der Waals surface area contributed by atoms with E-state index in [9.17, 15) is 13.6 Å². The van der Waals surface area contributed by atoms with Gasteiger partial charge in [-0.05, 0) is 54.8 Å². The second kappa shape index (κ2) is 8.21. The van der Waals surface area contributed by atoms with Crippen molar-refractivity contribution in [1.29, 1.82) is 0 Å². The lowest BCUT2D eigenvalue weighted by Crippen LogP contribution is -2.34. The Morgan fingerprint density at radius 2 is 1.84 bits per heavy atom. The third kappa shape index (κ3) is 4.86. The molecule has 1 amide bonds. The van der Waals surface area contributed by atoms with Crippen LogP contribution < -0.4 is 5.32 Å². The van der Waals surface area contributed by atoms with Gasteiger partial charge in [0.25, 0.3) is 0 Å². The van der Waals surface area contributed by atoms with Crippen molar-refractivity contribution < 1.29 is 13.6 Å². The number of carbonyl (C=O) groups is 1. The van der Waals surface area contributed by atoms with Crippen LogP contribution >= 0.6 is 0 Å². The summed E-state index contributed by atoms with van der Waals surface area (Å²) in [4.78, 5) is 14.0. The van der Waals surface area contributed by atoms with E-state index in [-0.39, 0.29) is 23.6 Å². The van der Waals surface area contributed by atoms with Crippen molar-refractivity contribution in [1.82, 2.24) is 10.2 Å². The van der Waals surface area contributed by atoms with Gasteiger partial charge in [-0.15, -0.1) is 0 Å². The molecule has 0 radical (unpaired) electrons. The zero-order chi connectivity index (χ0) is 17.6. The minimum atomic E-state index is -0.276. The zero-order valence-corrected chi connectivity index (χ0v) is 14.1. The molecular formula is C20H22F2N2O. The third-order valence-electron chi connectivity index (χ3n) is 4.59. The Balaban J connectivity index is 1.49. The molecular weight excluding hydrogens is 322 g/mol. The maximum atomic E-state index is 13.3. The van der Waals surface area contributed by atoms with Crippen molar-refractivity contribution in [3.8, 4) is 0 Å². The Morgan fingerprint density at radius 3 is 2.60 bits per heavy atom. The minimum Gasteiger partial charge on any atom is -0.335 e. The van der Waals surface area contributed by atoms with E-state index in [0.29, 0.717) is 19.5 Å². The molecule has 132 valence electrons. The molecule has 0 spiro atoms. The molecule has 1 fully saturated rings. The van der Waals surface area contributed by atoms with E-state index in [1.165, 1.54) is 24.3 Å². The SMILES string of the molecule is O=C1CC[C@H](CCNCc2ccc(F)cc2)N1Cc1cccc(F)c1. The molecule has 2 aromatic carbocycles. The molecule has 3 rings (SSSR count). The number of likely N-dealkylation sites (tertiary alicyclic amines) is 1. The first-order valence-electron chi connectivity index (χ1n) is 8.61. The minimum absolute atomic E-state index is 0.132. The molecule has 1 aliphatic rings. The van der Waals surface area contributed by atoms with E-state index in [1.807, 2.05) is 11.0 Å². The number of carbonyl (C=O) groups excluding carboxylic acids is 1. The normalized spacial score (nSPS) is 17.3. The average Bonchev–Trinajstić information content (AvgIpc) is 2.94. The predicted octanol–water partition coefficient (Wildman–Crippen LogP) is 3.64. The van der Waals surface area contributed by atoms with Gasteiger partial charge in [0.2, 0.25) is 5.91 Å². The van der Waals surface area contributed by atoms with Crippen LogP contribution in [0.25, 0.3) is 0 Å². The number of rotatable bonds is 7. The summed E-state index contributed by atoms with van der Waals surface area (Å²) >= 11 is 0. The molecule has 5 heteroatoms. The van der Waals surface area contributed by atoms with Crippen molar-refractivity contribution in [3.63, 3.8) is 0 Å². The molecule has 0 saturated carbocycles. The van der Waals surface area contributed by atoms with E-state index in [1.54, 1.807) is 18.2 Å². The van der Waals surface area contributed by atoms with Crippen molar-refractivity contribution >= 4 is 5.91 Å². The molecule has 1 heterocycles. The number of nitrogens with one attached hydrogen (secondary N) is 1. The summed E-state index contributed by atoms with van der Waals surface area (Å²) in [6.45, 7) is 1.90. The summed E-state index contributed by atoms with van der Waals surface area (Å²) < 4.78 is 26.2. The zero-order valence-electron chi connectivity index (χ0n) is 14.1. The summed E-state index contributed by atoms with van der Waals surface area (Å²) in [5, 5.41) is 3.34. The molecule has 0 aliphatic carbocycles. The summed E-state index contributed by atoms with van der Waals surface area (Å²) in [5.41, 5.74) is 1.85. The van der Waals surface area contributed by atoms with Crippen molar-refractivity contribution in [2.45, 2.75) is 38.4 Å². The van der Waals surface area contributed by atoms with E-state index < -0.39 is 0 Å². The standard InChI is InChI=1S/C20H22F2N2O/c21-17-6-4-15(5-7-17)13-23-11-10-19-8-9-20(25)24(19)14-16-2-1-3-18(22)12-16/h1-7,12,19,23H,8-11,13-14H2/t19-/m1/s1. The number of halogens is 2. The van der Waals surface area contributed by atoms with Gasteiger partial charge in [0.05, 0.1) is 0 Å². The topological polar surface area (TPSA) is 32.3 Å². The van der Waals surface area contributed by atoms with Crippen LogP contribution in [0.5, 0.6) is 0 Å². The van der Waals surface area contributed by atoms with E-state index >= 15 is 0 Å². The molecule has 1 saturated heterocycles. The first kappa shape index (κ1) is 17.5. The number of amides is 1. The van der Waals surface area contributed by atoms with Gasteiger partial charge in [0.1, 0.15) is 11.6 Å². The highest BCUT2D eigenvalue weighted by Crippen LogP contribution is 2.23. The van der Waals surface area contributed by atoms with Crippen LogP contribution in [0.4, 0.5) is 8.78 Å². The van der Waals surface area contributed by atoms with Gasteiger partial charge in [-0.1, -0.05) is 24.3 Å². The van der Waals surface area contributed by atoms with Crippen LogP contribution in [-0.4, -0.2) is 23.4 Å². The fourth-order valence-corrected chi connectivity index (χ4v) is 3.25. The summed E-state index contributed by atoms with van der Waals surface area (Å²) in [7, 11) is 0. The highest BCUT2D eigenvalue weighted by atomic mass is 19.1. The highest BCUT2D eigenvalue weighted by molar-refractivity contribution is 5.78. The lowest BCUT2D eigenvalue weighted by molar-refractivity contribution is -0.129. The molecule has 0 unspecified atom stereocenters. The largest absolute Gasteiger partial charge is 0.335 e. The quantitative estimate of drug-likeness (QED) is 0.778. The Hall–Kier alpha value is -2.27. The second-order valence-electron chi connectivity index (χ2n) is 6.44. The van der Waals surface area contributed by atoms with Crippen LogP contribution in [0.15, 0.2) is 48.5 Å². The average molecular weight is 344 g/mol. The van der Waals surface area contributed by atoms with Gasteiger partial charge in [0.15, 0.2) is 0 Å². The number of benzene rings is 2. The molecule has 25 heavy (non-hydrogen) atoms. The molecule has 1 atom stereocenters. The highest BCUT2D eigenvalue weighted by Gasteiger charge is 2.30. The molecule has 2 aromatic rings. The maximum Gasteiger partial charge on any atom is 0.223 e. The van der Waals surface area contributed by atoms with Crippen molar-refractivity contribution in [2.75, 3.05) is 6.54 Å². The fourth-order valence-electron chi connectivity index (χ4n) is 3.25. The van der Waals surface area contributed by atoms with E-state index in [0.717, 1.165) is 30.5 Å². The van der Waals surface area contributed by atoms with Gasteiger partial charge < -0.3 is 10.2 Å². The Labute approximate surface area is 146 Å². The van der Waals surface area contributed by atoms with Gasteiger partial charge in [-0.2, -0.15) is 0 Å². The number of hydrogen-bond donors (Lipinski definition) is 1. The maximum absolute atomic E-state index is 13.3. The van der Waals surface area contributed by atoms with E-state index in [4.69, 9.17) is 0 Å². The molecule has 3 nitrogen and oxygen atoms in total. The first-order valence-corrected chi connectivity index (χ1v) is 8.61. The molecule has 0 bridgehead atoms. The Kier molecular flexibility index (Phi) is 5.76. The number of nitrogens with zero attached hydrogens (tertiary/aromatic N) is 1. The summed E-state index contributed by atoms with van der Waals surface area (Å²) in [5.74, 6) is -0.379. The number of hydrogen-bond acceptors (Lipinski definition) is 2. The monoisotopic (exact) mass is 344 g/mol. The van der Waals surface area contributed by atoms with Crippen LogP contribution in [0.2, 0.25) is 0 Å². The van der Waals surface area contributed by atoms with Gasteiger partial charge in [-0.25, -0.2) is 8.78 Å². The van der Waals surface area contributed by atoms with Gasteiger partial charge in [0, 0.05) is 25.6 Å². The van der Waals surface area contributed by atoms with Gasteiger partial charge >= 0.3 is 0 Å². The lowest BCUT2D eigenvalue weighted by Gasteiger charge is -2.25. The van der Waals surface area contributed by atoms with E-state index in [2.05, 4.69) is 5.32 Å².